The molecule has 50 heavy (non-hydrogen) atoms. The molecule has 3 aromatic rings. The number of aromatic nitrogens is 3. The molecule has 1 aromatic heterocycles. The van der Waals surface area contributed by atoms with Gasteiger partial charge in [-0.25, -0.2) is 4.68 Å². The van der Waals surface area contributed by atoms with Crippen LogP contribution in [0.1, 0.15) is 24.5 Å². The number of para-hydroxylation sites is 1. The third-order valence-corrected chi connectivity index (χ3v) is 10.4. The minimum Gasteiger partial charge on any atom is -0.455 e. The fourth-order valence-corrected chi connectivity index (χ4v) is 8.35. The Kier molecular flexibility index (Phi) is 9.57. The van der Waals surface area contributed by atoms with Crippen molar-refractivity contribution in [3.05, 3.63) is 82.9 Å². The van der Waals surface area contributed by atoms with Crippen molar-refractivity contribution in [2.75, 3.05) is 33.4 Å². The van der Waals surface area contributed by atoms with Crippen LogP contribution < -0.4 is 5.32 Å². The number of hydrogen-bond acceptors (Lipinski definition) is 10. The molecule has 4 aliphatic rings. The zero-order valence-electron chi connectivity index (χ0n) is 27.3. The molecule has 0 aliphatic carbocycles. The Labute approximate surface area is 296 Å². The van der Waals surface area contributed by atoms with Gasteiger partial charge in [0.2, 0.25) is 11.8 Å². The van der Waals surface area contributed by atoms with E-state index in [0.717, 1.165) is 0 Å². The monoisotopic (exact) mass is 748 g/mol. The smallest absolute Gasteiger partial charge is 0.313 e. The van der Waals surface area contributed by atoms with Gasteiger partial charge < -0.3 is 34.4 Å². The van der Waals surface area contributed by atoms with Crippen molar-refractivity contribution in [1.29, 1.82) is 0 Å². The van der Waals surface area contributed by atoms with E-state index in [1.165, 1.54) is 16.9 Å². The fraction of sp³-hybridized carbons (Fsp3) is 0.429. The number of esters is 1. The Morgan fingerprint density at radius 2 is 1.82 bits per heavy atom. The predicted octanol–water partition coefficient (Wildman–Crippen LogP) is 1.85. The quantitative estimate of drug-likeness (QED) is 0.269. The molecule has 0 unspecified atom stereocenters. The number of methoxy groups -OCH3 is 1. The summed E-state index contributed by atoms with van der Waals surface area (Å²) in [6.45, 7) is -0.431. The Hall–Kier alpha value is -4.44. The highest BCUT2D eigenvalue weighted by molar-refractivity contribution is 9.11. The maximum atomic E-state index is 14.8. The first-order valence-corrected chi connectivity index (χ1v) is 17.3. The molecule has 1 spiro atoms. The number of allylic oxidation sites excluding steroid dienone is 1. The highest BCUT2D eigenvalue weighted by Crippen LogP contribution is 2.59. The molecule has 2 fully saturated rings. The van der Waals surface area contributed by atoms with E-state index in [-0.39, 0.29) is 38.7 Å². The van der Waals surface area contributed by atoms with Crippen molar-refractivity contribution in [3.8, 4) is 0 Å². The topological polar surface area (TPSA) is 165 Å². The lowest BCUT2D eigenvalue weighted by Gasteiger charge is -2.35. The number of nitrogens with zero attached hydrogens (tertiary/aromatic N) is 5. The number of benzene rings is 2. The number of fused-ring (bicyclic) bond motifs is 3. The molecule has 5 heterocycles. The van der Waals surface area contributed by atoms with Crippen LogP contribution in [0.3, 0.4) is 0 Å². The van der Waals surface area contributed by atoms with Gasteiger partial charge in [-0.05, 0) is 30.2 Å². The van der Waals surface area contributed by atoms with Crippen LogP contribution in [0.25, 0.3) is 11.0 Å². The fourth-order valence-electron chi connectivity index (χ4n) is 7.61. The van der Waals surface area contributed by atoms with Crippen molar-refractivity contribution in [1.82, 2.24) is 30.1 Å². The molecule has 3 amide bonds. The Morgan fingerprint density at radius 1 is 1.04 bits per heavy atom. The molecule has 15 heteroatoms. The van der Waals surface area contributed by atoms with Gasteiger partial charge >= 0.3 is 5.97 Å². The van der Waals surface area contributed by atoms with Gasteiger partial charge in [0.25, 0.3) is 5.91 Å². The summed E-state index contributed by atoms with van der Waals surface area (Å²) in [6.07, 6.45) is 3.94. The number of cyclic esters (lactones) is 1. The Bertz CT molecular complexity index is 1850. The molecule has 5 bridgehead atoms. The second-order valence-electron chi connectivity index (χ2n) is 12.8. The molecule has 0 radical (unpaired) electrons. The van der Waals surface area contributed by atoms with Gasteiger partial charge in [-0.2, -0.15) is 0 Å². The number of aliphatic hydroxyl groups excluding tert-OH is 1. The normalized spacial score (nSPS) is 30.7. The van der Waals surface area contributed by atoms with Crippen LogP contribution >= 0.6 is 15.9 Å². The standard InChI is InChI=1S/C35H37BrN6O8/c1-48-19-24-29(21-10-4-2-5-11-21)49-34(47)27-28-32(45)41(16-17-43)31(35(28)18-22(36)30(27)50-35)33(46)40(15-9-3-6-14-26(44)37-24)20-42-25-13-8-7-12-23(25)38-39-42/h2-5,7-13,18,24,27-31,43H,6,14-17,19-20H2,1H3,(H,37,44)/b9-3-/t24-,27+,28-,29-,30+,31+,35-/m0/s1. The number of amides is 3. The van der Waals surface area contributed by atoms with Crippen molar-refractivity contribution in [2.45, 2.75) is 49.4 Å². The number of carbonyl (C=O) groups excluding carboxylic acids is 4. The van der Waals surface area contributed by atoms with E-state index < -0.39 is 66.1 Å². The average molecular weight is 750 g/mol. The van der Waals surface area contributed by atoms with E-state index >= 15 is 0 Å². The van der Waals surface area contributed by atoms with E-state index in [0.29, 0.717) is 27.5 Å². The molecule has 7 rings (SSSR count). The summed E-state index contributed by atoms with van der Waals surface area (Å²) >= 11 is 3.57. The number of nitrogens with one attached hydrogen (secondary N) is 1. The maximum Gasteiger partial charge on any atom is 0.313 e. The molecule has 14 nitrogen and oxygen atoms in total. The minimum absolute atomic E-state index is 0.0141. The van der Waals surface area contributed by atoms with Crippen molar-refractivity contribution in [3.63, 3.8) is 0 Å². The minimum atomic E-state index is -1.53. The number of aliphatic hydroxyl groups is 1. The number of likely N-dealkylation sites (tertiary alicyclic amines) is 1. The molecule has 2 saturated heterocycles. The first kappa shape index (κ1) is 34.0. The predicted molar refractivity (Wildman–Crippen MR) is 181 cm³/mol. The Balaban J connectivity index is 1.32. The summed E-state index contributed by atoms with van der Waals surface area (Å²) in [5.41, 5.74) is 0.449. The highest BCUT2D eigenvalue weighted by atomic mass is 79.9. The summed E-state index contributed by atoms with van der Waals surface area (Å²) in [7, 11) is 1.49. The van der Waals surface area contributed by atoms with Crippen molar-refractivity contribution in [2.24, 2.45) is 11.8 Å². The second kappa shape index (κ2) is 14.1. The third-order valence-electron chi connectivity index (χ3n) is 9.77. The average Bonchev–Trinajstić information content (AvgIpc) is 3.83. The van der Waals surface area contributed by atoms with Gasteiger partial charge in [-0.15, -0.1) is 5.10 Å². The number of rotatable bonds is 7. The molecular weight excluding hydrogens is 712 g/mol. The van der Waals surface area contributed by atoms with E-state index in [1.807, 2.05) is 36.4 Å². The molecule has 262 valence electrons. The van der Waals surface area contributed by atoms with Crippen molar-refractivity contribution < 1.29 is 38.5 Å². The summed E-state index contributed by atoms with van der Waals surface area (Å²) in [5, 5.41) is 21.6. The van der Waals surface area contributed by atoms with Crippen LogP contribution in [0.2, 0.25) is 0 Å². The van der Waals surface area contributed by atoms with E-state index in [9.17, 15) is 24.3 Å². The third kappa shape index (κ3) is 5.91. The van der Waals surface area contributed by atoms with Crippen LogP contribution in [-0.4, -0.2) is 111 Å². The number of β-amino-alcohol motifs (C(OH)–C–C–N with tert-alkyl or cyclic N) is 1. The molecule has 4 aliphatic heterocycles. The zero-order chi connectivity index (χ0) is 35.0. The van der Waals surface area contributed by atoms with Gasteiger partial charge in [0.05, 0.1) is 30.7 Å². The largest absolute Gasteiger partial charge is 0.455 e. The summed E-state index contributed by atoms with van der Waals surface area (Å²) in [6, 6.07) is 14.4. The summed E-state index contributed by atoms with van der Waals surface area (Å²) in [4.78, 5) is 59.7. The molecule has 2 N–H and O–H groups in total. The number of carbonyl (C=O) groups is 4. The van der Waals surface area contributed by atoms with E-state index in [4.69, 9.17) is 14.2 Å². The lowest BCUT2D eigenvalue weighted by Crippen LogP contribution is -2.56. The molecular formula is C35H37BrN6O8. The second-order valence-corrected chi connectivity index (χ2v) is 13.7. The summed E-state index contributed by atoms with van der Waals surface area (Å²) < 4.78 is 20.4. The first-order valence-electron chi connectivity index (χ1n) is 16.5. The molecule has 7 atom stereocenters. The number of halogens is 1. The molecule has 0 saturated carbocycles. The van der Waals surface area contributed by atoms with Gasteiger partial charge in [0.1, 0.15) is 42.0 Å². The van der Waals surface area contributed by atoms with Crippen LogP contribution in [0.15, 0.2) is 77.3 Å². The lowest BCUT2D eigenvalue weighted by atomic mass is 9.74. The van der Waals surface area contributed by atoms with Crippen LogP contribution in [-0.2, 0) is 40.1 Å². The zero-order valence-corrected chi connectivity index (χ0v) is 28.8. The SMILES string of the molecule is COC[C@@H]1NC(=O)CC/C=C\CN(Cn2nnc3ccccc32)C(=O)[C@H]2N(CCO)C(=O)[C@@H]3[C@@H](C(=O)O[C@H]1c1ccccc1)[C@@H]1O[C@@]32C=C1Br. The molecule has 2 aromatic carbocycles. The van der Waals surface area contributed by atoms with Gasteiger partial charge in [-0.1, -0.05) is 75.8 Å². The van der Waals surface area contributed by atoms with Crippen molar-refractivity contribution >= 4 is 50.7 Å². The Morgan fingerprint density at radius 3 is 2.60 bits per heavy atom. The number of ether oxygens (including phenoxy) is 3. The van der Waals surface area contributed by atoms with Crippen LogP contribution in [0.4, 0.5) is 0 Å². The van der Waals surface area contributed by atoms with Crippen LogP contribution in [0, 0.1) is 11.8 Å². The van der Waals surface area contributed by atoms with E-state index in [1.54, 1.807) is 41.1 Å². The van der Waals surface area contributed by atoms with Gasteiger partial charge in [-0.3, -0.25) is 19.2 Å². The number of hydrogen-bond donors (Lipinski definition) is 2. The first-order chi connectivity index (χ1) is 24.3. The van der Waals surface area contributed by atoms with E-state index in [2.05, 4.69) is 31.6 Å². The maximum absolute atomic E-state index is 14.8. The van der Waals surface area contributed by atoms with Gasteiger partial charge in [0.15, 0.2) is 0 Å². The lowest BCUT2D eigenvalue weighted by molar-refractivity contribution is -0.162. The summed E-state index contributed by atoms with van der Waals surface area (Å²) in [5.74, 6) is -4.21. The van der Waals surface area contributed by atoms with Crippen LogP contribution in [0.5, 0.6) is 0 Å². The highest BCUT2D eigenvalue weighted by Gasteiger charge is 2.75. The van der Waals surface area contributed by atoms with Gasteiger partial charge in [0, 0.05) is 31.1 Å².